The van der Waals surface area contributed by atoms with Crippen LogP contribution in [0.1, 0.15) is 5.69 Å². The average molecular weight is 232 g/mol. The Labute approximate surface area is 104 Å². The van der Waals surface area contributed by atoms with Gasteiger partial charge in [-0.25, -0.2) is 4.52 Å². The van der Waals surface area contributed by atoms with Gasteiger partial charge in [0.1, 0.15) is 0 Å². The predicted molar refractivity (Wildman–Crippen MR) is 74.9 cm³/mol. The average Bonchev–Trinajstić information content (AvgIpc) is 2.81. The molecule has 0 radical (unpaired) electrons. The van der Waals surface area contributed by atoms with Crippen molar-refractivity contribution < 1.29 is 0 Å². The molecule has 2 aromatic carbocycles. The molecule has 0 fully saturated rings. The number of fused-ring (bicyclic) bond motifs is 6. The molecule has 0 N–H and O–H groups in total. The second-order valence-corrected chi connectivity index (χ2v) is 4.65. The molecule has 0 aliphatic carbocycles. The van der Waals surface area contributed by atoms with Crippen LogP contribution in [0.15, 0.2) is 54.6 Å². The molecule has 0 saturated carbocycles. The lowest BCUT2D eigenvalue weighted by Gasteiger charge is -2.07. The van der Waals surface area contributed by atoms with Gasteiger partial charge >= 0.3 is 0 Å². The first-order chi connectivity index (χ1) is 8.84. The Balaban J connectivity index is 2.45. The highest BCUT2D eigenvalue weighted by Crippen LogP contribution is 2.29. The van der Waals surface area contributed by atoms with Crippen LogP contribution in [0.25, 0.3) is 27.2 Å². The van der Waals surface area contributed by atoms with E-state index < -0.39 is 0 Å². The van der Waals surface area contributed by atoms with Gasteiger partial charge in [-0.15, -0.1) is 0 Å². The zero-order chi connectivity index (χ0) is 12.1. The van der Waals surface area contributed by atoms with E-state index in [2.05, 4.69) is 59.7 Å². The molecule has 0 spiro atoms. The third-order valence-electron chi connectivity index (χ3n) is 3.46. The summed E-state index contributed by atoms with van der Waals surface area (Å²) in [6.45, 7) is 2.04. The molecule has 0 bridgehead atoms. The van der Waals surface area contributed by atoms with Gasteiger partial charge in [0.05, 0.1) is 16.7 Å². The molecule has 4 aromatic rings. The van der Waals surface area contributed by atoms with Gasteiger partial charge < -0.3 is 0 Å². The highest BCUT2D eigenvalue weighted by molar-refractivity contribution is 6.12. The molecule has 0 atom stereocenters. The highest BCUT2D eigenvalue weighted by atomic mass is 15.2. The summed E-state index contributed by atoms with van der Waals surface area (Å²) in [5.74, 6) is 0. The molecule has 2 nitrogen and oxygen atoms in total. The molecule has 0 aliphatic rings. The Morgan fingerprint density at radius 3 is 2.17 bits per heavy atom. The number of para-hydroxylation sites is 1. The van der Waals surface area contributed by atoms with Crippen LogP contribution in [0.3, 0.4) is 0 Å². The second kappa shape index (κ2) is 3.33. The molecule has 2 heteroatoms. The van der Waals surface area contributed by atoms with E-state index in [1.807, 2.05) is 11.4 Å². The van der Waals surface area contributed by atoms with Gasteiger partial charge in [0.15, 0.2) is 0 Å². The number of benzene rings is 2. The SMILES string of the molecule is Cc1cc2c3ccccc3c3ccccc3n2n1. The van der Waals surface area contributed by atoms with Gasteiger partial charge in [-0.3, -0.25) is 0 Å². The van der Waals surface area contributed by atoms with Crippen molar-refractivity contribution in [3.63, 3.8) is 0 Å². The lowest BCUT2D eigenvalue weighted by atomic mass is 10.1. The molecule has 0 aliphatic heterocycles. The van der Waals surface area contributed by atoms with Gasteiger partial charge in [-0.05, 0) is 24.4 Å². The number of aryl methyl sites for hydroxylation is 1. The number of hydrogen-bond acceptors (Lipinski definition) is 1. The number of nitrogens with zero attached hydrogens (tertiary/aromatic N) is 2. The summed E-state index contributed by atoms with van der Waals surface area (Å²) < 4.78 is 2.05. The fourth-order valence-electron chi connectivity index (χ4n) is 2.70. The van der Waals surface area contributed by atoms with Crippen molar-refractivity contribution in [3.8, 4) is 0 Å². The summed E-state index contributed by atoms with van der Waals surface area (Å²) in [5, 5.41) is 8.41. The summed E-state index contributed by atoms with van der Waals surface area (Å²) in [6, 6.07) is 19.1. The van der Waals surface area contributed by atoms with E-state index >= 15 is 0 Å². The van der Waals surface area contributed by atoms with Crippen molar-refractivity contribution in [1.82, 2.24) is 9.61 Å². The van der Waals surface area contributed by atoms with E-state index in [0.717, 1.165) is 5.69 Å². The molecule has 18 heavy (non-hydrogen) atoms. The molecule has 4 rings (SSSR count). The smallest absolute Gasteiger partial charge is 0.0750 e. The topological polar surface area (TPSA) is 17.3 Å². The fraction of sp³-hybridized carbons (Fsp3) is 0.0625. The Morgan fingerprint density at radius 2 is 1.39 bits per heavy atom. The minimum Gasteiger partial charge on any atom is -0.232 e. The normalized spacial score (nSPS) is 11.6. The Bertz CT molecular complexity index is 815. The van der Waals surface area contributed by atoms with E-state index in [4.69, 9.17) is 0 Å². The maximum Gasteiger partial charge on any atom is 0.0750 e. The van der Waals surface area contributed by atoms with Crippen molar-refractivity contribution >= 4 is 27.2 Å². The lowest BCUT2D eigenvalue weighted by Crippen LogP contribution is -1.92. The monoisotopic (exact) mass is 232 g/mol. The third kappa shape index (κ3) is 1.15. The van der Waals surface area contributed by atoms with Crippen LogP contribution in [-0.4, -0.2) is 9.61 Å². The van der Waals surface area contributed by atoms with Gasteiger partial charge in [-0.2, -0.15) is 5.10 Å². The van der Waals surface area contributed by atoms with Gasteiger partial charge in [0.25, 0.3) is 0 Å². The maximum atomic E-state index is 4.61. The number of rotatable bonds is 0. The third-order valence-corrected chi connectivity index (χ3v) is 3.46. The van der Waals surface area contributed by atoms with Crippen molar-refractivity contribution in [3.05, 3.63) is 60.3 Å². The van der Waals surface area contributed by atoms with Crippen LogP contribution in [0.2, 0.25) is 0 Å². The maximum absolute atomic E-state index is 4.61. The Hall–Kier alpha value is -2.35. The zero-order valence-corrected chi connectivity index (χ0v) is 10.1. The number of aromatic nitrogens is 2. The summed E-state index contributed by atoms with van der Waals surface area (Å²) in [7, 11) is 0. The highest BCUT2D eigenvalue weighted by Gasteiger charge is 2.08. The first kappa shape index (κ1) is 9.66. The predicted octanol–water partition coefficient (Wildman–Crippen LogP) is 3.95. The minimum absolute atomic E-state index is 1.05. The molecule has 0 saturated heterocycles. The van der Waals surface area contributed by atoms with Crippen LogP contribution in [-0.2, 0) is 0 Å². The minimum atomic E-state index is 1.05. The van der Waals surface area contributed by atoms with Crippen LogP contribution in [0.4, 0.5) is 0 Å². The number of pyridine rings is 1. The van der Waals surface area contributed by atoms with E-state index in [1.165, 1.54) is 27.2 Å². The summed E-state index contributed by atoms with van der Waals surface area (Å²) in [4.78, 5) is 0. The number of hydrogen-bond donors (Lipinski definition) is 0. The van der Waals surface area contributed by atoms with Crippen molar-refractivity contribution in [2.75, 3.05) is 0 Å². The van der Waals surface area contributed by atoms with Crippen LogP contribution < -0.4 is 0 Å². The molecule has 2 heterocycles. The Kier molecular flexibility index (Phi) is 1.78. The zero-order valence-electron chi connectivity index (χ0n) is 10.1. The van der Waals surface area contributed by atoms with E-state index in [-0.39, 0.29) is 0 Å². The molecular weight excluding hydrogens is 220 g/mol. The Morgan fingerprint density at radius 1 is 0.778 bits per heavy atom. The summed E-state index contributed by atoms with van der Waals surface area (Å²) in [5.41, 5.74) is 3.40. The quantitative estimate of drug-likeness (QED) is 0.420. The summed E-state index contributed by atoms with van der Waals surface area (Å²) in [6.07, 6.45) is 0. The van der Waals surface area contributed by atoms with E-state index in [1.54, 1.807) is 0 Å². The fourth-order valence-corrected chi connectivity index (χ4v) is 2.70. The van der Waals surface area contributed by atoms with Crippen molar-refractivity contribution in [2.45, 2.75) is 6.92 Å². The van der Waals surface area contributed by atoms with E-state index in [9.17, 15) is 0 Å². The van der Waals surface area contributed by atoms with Gasteiger partial charge in [0.2, 0.25) is 0 Å². The molecule has 2 aromatic heterocycles. The van der Waals surface area contributed by atoms with Gasteiger partial charge in [-0.1, -0.05) is 42.5 Å². The molecule has 0 unspecified atom stereocenters. The van der Waals surface area contributed by atoms with E-state index in [0.29, 0.717) is 0 Å². The van der Waals surface area contributed by atoms with Crippen LogP contribution in [0.5, 0.6) is 0 Å². The molecule has 86 valence electrons. The molecule has 0 amide bonds. The standard InChI is InChI=1S/C16H12N2/c1-11-10-16-14-8-3-2-6-12(14)13-7-4-5-9-15(13)18(16)17-11/h2-10H,1H3. The van der Waals surface area contributed by atoms with Crippen molar-refractivity contribution in [2.24, 2.45) is 0 Å². The van der Waals surface area contributed by atoms with Gasteiger partial charge in [0, 0.05) is 10.8 Å². The first-order valence-corrected chi connectivity index (χ1v) is 6.10. The molecular formula is C16H12N2. The van der Waals surface area contributed by atoms with Crippen LogP contribution in [0, 0.1) is 6.92 Å². The summed E-state index contributed by atoms with van der Waals surface area (Å²) >= 11 is 0. The first-order valence-electron chi connectivity index (χ1n) is 6.10. The lowest BCUT2D eigenvalue weighted by molar-refractivity contribution is 0.975. The second-order valence-electron chi connectivity index (χ2n) is 4.65. The largest absolute Gasteiger partial charge is 0.232 e. The van der Waals surface area contributed by atoms with Crippen molar-refractivity contribution in [1.29, 1.82) is 0 Å². The van der Waals surface area contributed by atoms with Crippen LogP contribution >= 0.6 is 0 Å².